The number of halogens is 1. The first-order valence-corrected chi connectivity index (χ1v) is 11.6. The van der Waals surface area contributed by atoms with Gasteiger partial charge < -0.3 is 15.1 Å². The van der Waals surface area contributed by atoms with Gasteiger partial charge in [-0.15, -0.1) is 0 Å². The van der Waals surface area contributed by atoms with E-state index in [4.69, 9.17) is 11.6 Å². The van der Waals surface area contributed by atoms with E-state index in [1.165, 1.54) is 0 Å². The molecule has 3 aromatic rings. The summed E-state index contributed by atoms with van der Waals surface area (Å²) in [4.78, 5) is 29.8. The van der Waals surface area contributed by atoms with Crippen LogP contribution in [0.4, 0.5) is 5.69 Å². The van der Waals surface area contributed by atoms with E-state index in [1.54, 1.807) is 12.3 Å². The molecule has 0 aliphatic carbocycles. The van der Waals surface area contributed by atoms with Crippen LogP contribution in [0.3, 0.4) is 0 Å². The summed E-state index contributed by atoms with van der Waals surface area (Å²) in [6.07, 6.45) is 2.01. The summed E-state index contributed by atoms with van der Waals surface area (Å²) in [6, 6.07) is 13.2. The van der Waals surface area contributed by atoms with E-state index in [2.05, 4.69) is 20.4 Å². The Morgan fingerprint density at radius 3 is 2.61 bits per heavy atom. The first-order chi connectivity index (χ1) is 16.0. The van der Waals surface area contributed by atoms with Crippen molar-refractivity contribution in [2.75, 3.05) is 38.0 Å². The Bertz CT molecular complexity index is 1200. The molecule has 33 heavy (non-hydrogen) atoms. The Labute approximate surface area is 197 Å². The molecule has 2 aliphatic heterocycles. The minimum atomic E-state index is -0.0131. The van der Waals surface area contributed by atoms with Gasteiger partial charge in [0.15, 0.2) is 0 Å². The molecule has 2 aromatic carbocycles. The number of nitrogens with zero attached hydrogens (tertiary/aromatic N) is 4. The molecular weight excluding hydrogens is 438 g/mol. The molecule has 0 bridgehead atoms. The van der Waals surface area contributed by atoms with E-state index in [0.29, 0.717) is 35.4 Å². The molecule has 2 unspecified atom stereocenters. The predicted octanol–water partition coefficient (Wildman–Crippen LogP) is 3.62. The van der Waals surface area contributed by atoms with Crippen molar-refractivity contribution >= 4 is 40.0 Å². The number of likely N-dealkylation sites (tertiary alicyclic amines) is 2. The molecule has 8 heteroatoms. The van der Waals surface area contributed by atoms with Gasteiger partial charge in [-0.25, -0.2) is 0 Å². The molecule has 2 fully saturated rings. The Balaban J connectivity index is 1.13. The fourth-order valence-electron chi connectivity index (χ4n) is 4.94. The third-order valence-corrected chi connectivity index (χ3v) is 7.14. The lowest BCUT2D eigenvalue weighted by Crippen LogP contribution is -2.34. The summed E-state index contributed by atoms with van der Waals surface area (Å²) in [7, 11) is 0. The van der Waals surface area contributed by atoms with Crippen LogP contribution >= 0.6 is 11.6 Å². The molecule has 0 saturated carbocycles. The lowest BCUT2D eigenvalue weighted by atomic mass is 10.0. The summed E-state index contributed by atoms with van der Waals surface area (Å²) in [5, 5.41) is 12.6. The summed E-state index contributed by atoms with van der Waals surface area (Å²) in [5.74, 6) is 0.891. The van der Waals surface area contributed by atoms with E-state index < -0.39 is 0 Å². The van der Waals surface area contributed by atoms with E-state index in [9.17, 15) is 9.59 Å². The molecule has 2 saturated heterocycles. The summed E-state index contributed by atoms with van der Waals surface area (Å²) >= 11 is 6.14. The molecule has 170 valence electrons. The highest BCUT2D eigenvalue weighted by Gasteiger charge is 2.41. The lowest BCUT2D eigenvalue weighted by Gasteiger charge is -2.22. The second-order valence-electron chi connectivity index (χ2n) is 9.03. The molecule has 1 N–H and O–H groups in total. The van der Waals surface area contributed by atoms with Crippen molar-refractivity contribution in [3.63, 3.8) is 0 Å². The fraction of sp³-hybridized carbons (Fsp3) is 0.360. The van der Waals surface area contributed by atoms with Crippen molar-refractivity contribution in [3.8, 4) is 0 Å². The maximum absolute atomic E-state index is 13.2. The number of carbonyl (C=O) groups is 2. The summed E-state index contributed by atoms with van der Waals surface area (Å²) in [5.41, 5.74) is 3.06. The number of hydrogen-bond donors (Lipinski definition) is 1. The minimum Gasteiger partial charge on any atom is -0.338 e. The Morgan fingerprint density at radius 2 is 1.85 bits per heavy atom. The van der Waals surface area contributed by atoms with Gasteiger partial charge in [-0.2, -0.15) is 10.2 Å². The van der Waals surface area contributed by atoms with E-state index in [1.807, 2.05) is 48.2 Å². The standard InChI is InChI=1S/C25H26ClN5O2/c1-16-6-7-19(10-22(16)26)28-24(32)8-9-30-12-17-14-31(15-18(17)13-30)25(33)21-11-27-29-23-5-3-2-4-20(21)23/h2-7,10-11,17-18H,8-9,12-15H2,1H3,(H,28,32). The largest absolute Gasteiger partial charge is 0.338 e. The summed E-state index contributed by atoms with van der Waals surface area (Å²) in [6.45, 7) is 5.95. The molecule has 2 aliphatic rings. The van der Waals surface area contributed by atoms with Crippen molar-refractivity contribution < 1.29 is 9.59 Å². The van der Waals surface area contributed by atoms with Gasteiger partial charge in [0.25, 0.3) is 5.91 Å². The van der Waals surface area contributed by atoms with Crippen LogP contribution in [0.5, 0.6) is 0 Å². The number of aromatic nitrogens is 2. The molecule has 3 heterocycles. The van der Waals surface area contributed by atoms with Crippen LogP contribution in [0.2, 0.25) is 5.02 Å². The maximum atomic E-state index is 13.2. The Morgan fingerprint density at radius 1 is 1.09 bits per heavy atom. The van der Waals surface area contributed by atoms with Crippen molar-refractivity contribution in [2.45, 2.75) is 13.3 Å². The van der Waals surface area contributed by atoms with Gasteiger partial charge in [-0.3, -0.25) is 9.59 Å². The first-order valence-electron chi connectivity index (χ1n) is 11.3. The Hall–Kier alpha value is -3.03. The van der Waals surface area contributed by atoms with Gasteiger partial charge in [0.1, 0.15) is 0 Å². The quantitative estimate of drug-likeness (QED) is 0.625. The van der Waals surface area contributed by atoms with Crippen molar-refractivity contribution in [1.82, 2.24) is 20.0 Å². The van der Waals surface area contributed by atoms with Crippen LogP contribution in [0.1, 0.15) is 22.3 Å². The van der Waals surface area contributed by atoms with Crippen molar-refractivity contribution in [3.05, 3.63) is 64.8 Å². The highest BCUT2D eigenvalue weighted by Crippen LogP contribution is 2.32. The first kappa shape index (κ1) is 21.8. The summed E-state index contributed by atoms with van der Waals surface area (Å²) < 4.78 is 0. The van der Waals surface area contributed by atoms with Crippen molar-refractivity contribution in [2.24, 2.45) is 11.8 Å². The second-order valence-corrected chi connectivity index (χ2v) is 9.43. The number of hydrogen-bond acceptors (Lipinski definition) is 5. The van der Waals surface area contributed by atoms with Crippen LogP contribution in [-0.2, 0) is 4.79 Å². The lowest BCUT2D eigenvalue weighted by molar-refractivity contribution is -0.116. The number of rotatable bonds is 5. The predicted molar refractivity (Wildman–Crippen MR) is 128 cm³/mol. The zero-order valence-electron chi connectivity index (χ0n) is 18.5. The molecule has 0 radical (unpaired) electrons. The molecule has 2 amide bonds. The molecule has 5 rings (SSSR count). The van der Waals surface area contributed by atoms with E-state index >= 15 is 0 Å². The van der Waals surface area contributed by atoms with Gasteiger partial charge in [0.05, 0.1) is 17.3 Å². The average molecular weight is 464 g/mol. The topological polar surface area (TPSA) is 78.4 Å². The van der Waals surface area contributed by atoms with Crippen LogP contribution in [0, 0.1) is 18.8 Å². The van der Waals surface area contributed by atoms with Gasteiger partial charge in [-0.1, -0.05) is 35.9 Å². The maximum Gasteiger partial charge on any atom is 0.256 e. The van der Waals surface area contributed by atoms with Gasteiger partial charge >= 0.3 is 0 Å². The van der Waals surface area contributed by atoms with Crippen LogP contribution in [-0.4, -0.2) is 64.5 Å². The zero-order chi connectivity index (χ0) is 22.9. The monoisotopic (exact) mass is 463 g/mol. The number of fused-ring (bicyclic) bond motifs is 2. The molecular formula is C25H26ClN5O2. The molecule has 0 spiro atoms. The zero-order valence-corrected chi connectivity index (χ0v) is 19.3. The number of benzene rings is 2. The fourth-order valence-corrected chi connectivity index (χ4v) is 5.12. The third kappa shape index (κ3) is 4.56. The molecule has 7 nitrogen and oxygen atoms in total. The number of amides is 2. The van der Waals surface area contributed by atoms with E-state index in [0.717, 1.165) is 48.3 Å². The van der Waals surface area contributed by atoms with E-state index in [-0.39, 0.29) is 11.8 Å². The Kier molecular flexibility index (Phi) is 6.00. The van der Waals surface area contributed by atoms with Crippen molar-refractivity contribution in [1.29, 1.82) is 0 Å². The highest BCUT2D eigenvalue weighted by molar-refractivity contribution is 6.31. The molecule has 2 atom stereocenters. The minimum absolute atomic E-state index is 0.0131. The van der Waals surface area contributed by atoms with Gasteiger partial charge in [-0.05, 0) is 42.5 Å². The number of nitrogens with one attached hydrogen (secondary N) is 1. The SMILES string of the molecule is Cc1ccc(NC(=O)CCN2CC3CN(C(=O)c4cnnc5ccccc45)CC3C2)cc1Cl. The number of aryl methyl sites for hydroxylation is 1. The number of anilines is 1. The average Bonchev–Trinajstić information content (AvgIpc) is 3.38. The second kappa shape index (κ2) is 9.08. The smallest absolute Gasteiger partial charge is 0.256 e. The van der Waals surface area contributed by atoms with Gasteiger partial charge in [0, 0.05) is 55.2 Å². The third-order valence-electron chi connectivity index (χ3n) is 6.74. The molecule has 1 aromatic heterocycles. The highest BCUT2D eigenvalue weighted by atomic mass is 35.5. The normalized spacial score (nSPS) is 20.2. The number of carbonyl (C=O) groups excluding carboxylic acids is 2. The van der Waals surface area contributed by atoms with Crippen LogP contribution in [0.15, 0.2) is 48.7 Å². The van der Waals surface area contributed by atoms with Crippen LogP contribution < -0.4 is 5.32 Å². The van der Waals surface area contributed by atoms with Gasteiger partial charge in [0.2, 0.25) is 5.91 Å². The van der Waals surface area contributed by atoms with Crippen LogP contribution in [0.25, 0.3) is 10.9 Å².